The Morgan fingerprint density at radius 2 is 1.00 bits per heavy atom. The molecule has 0 heterocycles. The molecular weight excluding hydrogens is 454 g/mol. The van der Waals surface area contributed by atoms with Crippen LogP contribution < -0.4 is 0 Å². The summed E-state index contributed by atoms with van der Waals surface area (Å²) in [5.41, 5.74) is 7.34. The summed E-state index contributed by atoms with van der Waals surface area (Å²) in [6, 6.07) is 0. The second kappa shape index (κ2) is 6.19. The van der Waals surface area contributed by atoms with E-state index >= 15 is 0 Å². The van der Waals surface area contributed by atoms with E-state index in [0.29, 0.717) is 0 Å². The molecule has 0 aliphatic heterocycles. The van der Waals surface area contributed by atoms with Crippen molar-refractivity contribution in [2.24, 2.45) is 0 Å². The molecule has 0 aromatic heterocycles. The summed E-state index contributed by atoms with van der Waals surface area (Å²) in [5, 5.41) is 0. The third-order valence-corrected chi connectivity index (χ3v) is 2.81. The maximum atomic E-state index is 5.01. The average molecular weight is 469 g/mol. The predicted molar refractivity (Wildman–Crippen MR) is 69.1 cm³/mol. The Balaban J connectivity index is 0.000000336. The van der Waals surface area contributed by atoms with E-state index in [1.165, 1.54) is 27.8 Å². The van der Waals surface area contributed by atoms with Crippen LogP contribution in [0.4, 0.5) is 0 Å². The fourth-order valence-electron chi connectivity index (χ4n) is 1.41. The first-order valence-corrected chi connectivity index (χ1v) is 16.1. The summed E-state index contributed by atoms with van der Waals surface area (Å²) >= 11 is -3.11. The zero-order valence-corrected chi connectivity index (χ0v) is 14.8. The molecule has 0 saturated heterocycles. The van der Waals surface area contributed by atoms with Gasteiger partial charge in [-0.1, -0.05) is 34.6 Å². The van der Waals surface area contributed by atoms with Crippen molar-refractivity contribution in [2.45, 2.75) is 34.6 Å². The molecule has 0 nitrogen and oxygen atoms in total. The van der Waals surface area contributed by atoms with Gasteiger partial charge in [0.15, 0.2) is 0 Å². The van der Waals surface area contributed by atoms with Crippen molar-refractivity contribution in [1.29, 1.82) is 0 Å². The molecule has 1 aromatic carbocycles. The first-order valence-electron chi connectivity index (χ1n) is 4.25. The summed E-state index contributed by atoms with van der Waals surface area (Å²) in [7, 11) is 20.1. The van der Waals surface area contributed by atoms with Gasteiger partial charge in [0.25, 0.3) is 0 Å². The predicted octanol–water partition coefficient (Wildman–Crippen LogP) is 5.70. The number of hydrogen-bond donors (Lipinski definition) is 0. The topological polar surface area (TPSA) is 0 Å². The molecule has 0 bridgehead atoms. The van der Waals surface area contributed by atoms with E-state index in [4.69, 9.17) is 38.3 Å². The minimum atomic E-state index is -3.11. The Labute approximate surface area is 111 Å². The SMILES string of the molecule is Cc1c(C)c(C)[c-](C)c1C.[Cl][Ir]([Cl])([Cl])[Cl]. The van der Waals surface area contributed by atoms with Gasteiger partial charge in [-0.15, -0.1) is 0 Å². The first-order chi connectivity index (χ1) is 6.55. The molecule has 0 aliphatic carbocycles. The molecule has 0 amide bonds. The monoisotopic (exact) mass is 468 g/mol. The van der Waals surface area contributed by atoms with Crippen molar-refractivity contribution < 1.29 is 11.2 Å². The van der Waals surface area contributed by atoms with E-state index in [0.717, 1.165) is 0 Å². The summed E-state index contributed by atoms with van der Waals surface area (Å²) in [5.74, 6) is 0. The van der Waals surface area contributed by atoms with Crippen LogP contribution >= 0.6 is 38.3 Å². The van der Waals surface area contributed by atoms with Crippen LogP contribution in [0.5, 0.6) is 0 Å². The van der Waals surface area contributed by atoms with Crippen LogP contribution in [0.2, 0.25) is 0 Å². The molecule has 0 fully saturated rings. The van der Waals surface area contributed by atoms with E-state index in [1.54, 1.807) is 0 Å². The van der Waals surface area contributed by atoms with Gasteiger partial charge >= 0.3 is 49.6 Å². The average Bonchev–Trinajstić information content (AvgIpc) is 2.21. The molecular formula is C10H15Cl4Ir-. The molecule has 93 valence electrons. The van der Waals surface area contributed by atoms with Crippen molar-refractivity contribution >= 4 is 38.3 Å². The van der Waals surface area contributed by atoms with Crippen molar-refractivity contribution in [3.05, 3.63) is 27.8 Å². The van der Waals surface area contributed by atoms with Gasteiger partial charge < -0.3 is 0 Å². The van der Waals surface area contributed by atoms with E-state index in [1.807, 2.05) is 0 Å². The summed E-state index contributed by atoms with van der Waals surface area (Å²) in [6.07, 6.45) is 0. The molecule has 0 N–H and O–H groups in total. The molecule has 1 rings (SSSR count). The van der Waals surface area contributed by atoms with E-state index < -0.39 is 11.2 Å². The van der Waals surface area contributed by atoms with Crippen LogP contribution in [0, 0.1) is 34.6 Å². The minimum absolute atomic E-state index is 1.47. The fraction of sp³-hybridized carbons (Fsp3) is 0.500. The third-order valence-electron chi connectivity index (χ3n) is 2.81. The van der Waals surface area contributed by atoms with Gasteiger partial charge in [-0.3, -0.25) is 0 Å². The molecule has 0 unspecified atom stereocenters. The normalized spacial score (nSPS) is 12.1. The molecule has 0 spiro atoms. The van der Waals surface area contributed by atoms with Crippen molar-refractivity contribution in [3.8, 4) is 0 Å². The zero-order valence-electron chi connectivity index (χ0n) is 9.35. The van der Waals surface area contributed by atoms with Crippen molar-refractivity contribution in [1.82, 2.24) is 0 Å². The van der Waals surface area contributed by atoms with Gasteiger partial charge in [-0.2, -0.15) is 27.8 Å². The van der Waals surface area contributed by atoms with Crippen LogP contribution in [0.1, 0.15) is 27.8 Å². The Hall–Kier alpha value is 1.16. The second-order valence-corrected chi connectivity index (χ2v) is 24.2. The summed E-state index contributed by atoms with van der Waals surface area (Å²) in [4.78, 5) is 0. The number of hydrogen-bond acceptors (Lipinski definition) is 0. The van der Waals surface area contributed by atoms with E-state index in [-0.39, 0.29) is 0 Å². The van der Waals surface area contributed by atoms with Crippen LogP contribution in [-0.2, 0) is 11.2 Å². The Bertz CT molecular complexity index is 250. The van der Waals surface area contributed by atoms with Gasteiger partial charge in [-0.05, 0) is 0 Å². The van der Waals surface area contributed by atoms with Gasteiger partial charge in [0.05, 0.1) is 0 Å². The Morgan fingerprint density at radius 1 is 0.800 bits per heavy atom. The molecule has 0 atom stereocenters. The summed E-state index contributed by atoms with van der Waals surface area (Å²) in [6.45, 7) is 11.0. The van der Waals surface area contributed by atoms with Gasteiger partial charge in [0.1, 0.15) is 0 Å². The number of rotatable bonds is 0. The molecule has 0 aliphatic rings. The molecule has 15 heavy (non-hydrogen) atoms. The Kier molecular flexibility index (Phi) is 6.67. The maximum absolute atomic E-state index is 5.01. The van der Waals surface area contributed by atoms with Crippen molar-refractivity contribution in [3.63, 3.8) is 0 Å². The quantitative estimate of drug-likeness (QED) is 0.428. The first kappa shape index (κ1) is 16.2. The zero-order chi connectivity index (χ0) is 12.4. The molecule has 5 heteroatoms. The second-order valence-electron chi connectivity index (χ2n) is 3.41. The van der Waals surface area contributed by atoms with Crippen LogP contribution in [0.25, 0.3) is 0 Å². The van der Waals surface area contributed by atoms with Crippen LogP contribution in [-0.4, -0.2) is 0 Å². The van der Waals surface area contributed by atoms with Crippen LogP contribution in [0.3, 0.4) is 0 Å². The van der Waals surface area contributed by atoms with E-state index in [9.17, 15) is 0 Å². The molecule has 0 saturated carbocycles. The number of halogens is 4. The van der Waals surface area contributed by atoms with Gasteiger partial charge in [0, 0.05) is 0 Å². The van der Waals surface area contributed by atoms with Gasteiger partial charge in [0.2, 0.25) is 0 Å². The molecule has 1 aromatic rings. The van der Waals surface area contributed by atoms with Crippen LogP contribution in [0.15, 0.2) is 0 Å². The van der Waals surface area contributed by atoms with E-state index in [2.05, 4.69) is 34.6 Å². The Morgan fingerprint density at radius 3 is 1.07 bits per heavy atom. The van der Waals surface area contributed by atoms with Gasteiger partial charge in [-0.25, -0.2) is 0 Å². The third kappa shape index (κ3) is 5.86. The summed E-state index contributed by atoms with van der Waals surface area (Å²) < 4.78 is 0. The molecule has 0 radical (unpaired) electrons. The fourth-order valence-corrected chi connectivity index (χ4v) is 1.41. The van der Waals surface area contributed by atoms with Crippen molar-refractivity contribution in [2.75, 3.05) is 0 Å². The standard InChI is InChI=1S/C10H15.4ClH.Ir/c1-6-7(2)9(4)10(5)8(6)3;;;;;/h1-5H3;4*1H;/q-1;;;;;+4/p-4.